The number of benzene rings is 2. The minimum absolute atomic E-state index is 0.118. The van der Waals surface area contributed by atoms with Crippen LogP contribution in [0.25, 0.3) is 0 Å². The number of nitrogens with one attached hydrogen (secondary N) is 1. The quantitative estimate of drug-likeness (QED) is 0.596. The van der Waals surface area contributed by atoms with E-state index in [1.165, 1.54) is 6.07 Å². The van der Waals surface area contributed by atoms with Gasteiger partial charge in [0.2, 0.25) is 0 Å². The molecule has 0 atom stereocenters. The van der Waals surface area contributed by atoms with Gasteiger partial charge in [0, 0.05) is 19.1 Å². The molecule has 0 aliphatic heterocycles. The van der Waals surface area contributed by atoms with Gasteiger partial charge in [0.25, 0.3) is 5.91 Å². The number of amides is 1. The first-order valence-corrected chi connectivity index (χ1v) is 7.54. The number of hydrogen-bond donors (Lipinski definition) is 1. The lowest BCUT2D eigenvalue weighted by Gasteiger charge is -2.10. The van der Waals surface area contributed by atoms with Crippen LogP contribution in [0.5, 0.6) is 0 Å². The Morgan fingerprint density at radius 2 is 1.95 bits per heavy atom. The molecule has 20 heavy (non-hydrogen) atoms. The van der Waals surface area contributed by atoms with Crippen molar-refractivity contribution >= 4 is 61.7 Å². The van der Waals surface area contributed by atoms with Gasteiger partial charge < -0.3 is 5.32 Å². The molecule has 1 N–H and O–H groups in total. The van der Waals surface area contributed by atoms with Crippen molar-refractivity contribution in [3.8, 4) is 0 Å². The Kier molecular flexibility index (Phi) is 4.98. The zero-order chi connectivity index (χ0) is 14.9. The zero-order valence-electron chi connectivity index (χ0n) is 9.68. The summed E-state index contributed by atoms with van der Waals surface area (Å²) < 4.78 is 27.4. The molecule has 0 saturated heterocycles. The summed E-state index contributed by atoms with van der Waals surface area (Å²) in [5, 5.41) is 2.80. The van der Waals surface area contributed by atoms with Crippen LogP contribution >= 0.6 is 50.1 Å². The van der Waals surface area contributed by atoms with Gasteiger partial charge in [0.05, 0.1) is 11.3 Å². The Morgan fingerprint density at radius 3 is 2.60 bits per heavy atom. The van der Waals surface area contributed by atoms with E-state index in [1.807, 2.05) is 22.6 Å². The molecule has 7 heteroatoms. The highest BCUT2D eigenvalue weighted by Crippen LogP contribution is 2.28. The van der Waals surface area contributed by atoms with E-state index in [2.05, 4.69) is 21.2 Å². The number of halogens is 5. The van der Waals surface area contributed by atoms with E-state index < -0.39 is 17.5 Å². The number of carbonyl (C=O) groups excluding carboxylic acids is 1. The van der Waals surface area contributed by atoms with Crippen LogP contribution in [0.4, 0.5) is 14.5 Å². The summed E-state index contributed by atoms with van der Waals surface area (Å²) >= 11 is 10.8. The molecule has 0 saturated carbocycles. The second-order valence-electron chi connectivity index (χ2n) is 3.82. The van der Waals surface area contributed by atoms with Gasteiger partial charge in [-0.15, -0.1) is 0 Å². The van der Waals surface area contributed by atoms with Crippen molar-refractivity contribution in [2.45, 2.75) is 0 Å². The first-order chi connectivity index (χ1) is 9.38. The molecule has 0 radical (unpaired) electrons. The van der Waals surface area contributed by atoms with Crippen LogP contribution in [0.1, 0.15) is 10.4 Å². The average molecular weight is 472 g/mol. The van der Waals surface area contributed by atoms with Gasteiger partial charge in [-0.1, -0.05) is 11.6 Å². The molecule has 0 spiro atoms. The lowest BCUT2D eigenvalue weighted by molar-refractivity contribution is 0.102. The summed E-state index contributed by atoms with van der Waals surface area (Å²) in [5.74, 6) is -2.12. The molecular weight excluding hydrogens is 466 g/mol. The second-order valence-corrected chi connectivity index (χ2v) is 6.28. The standard InChI is InChI=1S/C13H6BrClF2INO/c14-9-4-7(16)5-10(17)12(9)19-13(20)8-3-6(15)1-2-11(8)18/h1-5H,(H,19,20). The summed E-state index contributed by atoms with van der Waals surface area (Å²) in [6.07, 6.45) is 0. The Labute approximate surface area is 140 Å². The van der Waals surface area contributed by atoms with E-state index in [9.17, 15) is 13.6 Å². The van der Waals surface area contributed by atoms with Crippen molar-refractivity contribution in [3.05, 3.63) is 60.6 Å². The van der Waals surface area contributed by atoms with E-state index in [4.69, 9.17) is 11.6 Å². The lowest BCUT2D eigenvalue weighted by Crippen LogP contribution is -2.15. The average Bonchev–Trinajstić information content (AvgIpc) is 2.36. The normalized spacial score (nSPS) is 10.4. The summed E-state index contributed by atoms with van der Waals surface area (Å²) in [5.41, 5.74) is 0.195. The molecule has 0 aliphatic rings. The number of hydrogen-bond acceptors (Lipinski definition) is 1. The zero-order valence-corrected chi connectivity index (χ0v) is 14.2. The smallest absolute Gasteiger partial charge is 0.256 e. The minimum atomic E-state index is -0.859. The van der Waals surface area contributed by atoms with E-state index in [-0.39, 0.29) is 10.2 Å². The van der Waals surface area contributed by atoms with Crippen molar-refractivity contribution < 1.29 is 13.6 Å². The highest BCUT2D eigenvalue weighted by Gasteiger charge is 2.16. The van der Waals surface area contributed by atoms with E-state index >= 15 is 0 Å². The van der Waals surface area contributed by atoms with Crippen LogP contribution in [0.3, 0.4) is 0 Å². The molecule has 0 unspecified atom stereocenters. The van der Waals surface area contributed by atoms with E-state index in [0.717, 1.165) is 6.07 Å². The Morgan fingerprint density at radius 1 is 1.25 bits per heavy atom. The number of carbonyl (C=O) groups is 1. The first kappa shape index (κ1) is 15.7. The van der Waals surface area contributed by atoms with Crippen LogP contribution in [0.2, 0.25) is 5.02 Å². The second kappa shape index (κ2) is 6.36. The van der Waals surface area contributed by atoms with Gasteiger partial charge in [0.15, 0.2) is 5.82 Å². The Bertz CT molecular complexity index is 673. The molecule has 0 aromatic heterocycles. The molecule has 2 aromatic rings. The predicted octanol–water partition coefficient (Wildman–Crippen LogP) is 5.24. The molecule has 1 amide bonds. The van der Waals surface area contributed by atoms with Gasteiger partial charge in [-0.25, -0.2) is 8.78 Å². The Balaban J connectivity index is 2.35. The van der Waals surface area contributed by atoms with Gasteiger partial charge in [0.1, 0.15) is 5.82 Å². The van der Waals surface area contributed by atoms with E-state index in [0.29, 0.717) is 20.2 Å². The molecule has 0 heterocycles. The van der Waals surface area contributed by atoms with Crippen molar-refractivity contribution in [1.29, 1.82) is 0 Å². The van der Waals surface area contributed by atoms with Crippen LogP contribution in [-0.2, 0) is 0 Å². The predicted molar refractivity (Wildman–Crippen MR) is 86.2 cm³/mol. The maximum atomic E-state index is 13.7. The number of rotatable bonds is 2. The van der Waals surface area contributed by atoms with Crippen LogP contribution in [0, 0.1) is 15.2 Å². The van der Waals surface area contributed by atoms with Gasteiger partial charge in [-0.05, 0) is 62.8 Å². The molecule has 2 aromatic carbocycles. The topological polar surface area (TPSA) is 29.1 Å². The molecule has 0 fully saturated rings. The first-order valence-electron chi connectivity index (χ1n) is 5.29. The fraction of sp³-hybridized carbons (Fsp3) is 0. The lowest BCUT2D eigenvalue weighted by atomic mass is 10.2. The molecule has 0 bridgehead atoms. The van der Waals surface area contributed by atoms with Gasteiger partial charge in [-0.3, -0.25) is 4.79 Å². The molecule has 2 rings (SSSR count). The maximum absolute atomic E-state index is 13.7. The third-order valence-corrected chi connectivity index (χ3v) is 4.22. The molecule has 2 nitrogen and oxygen atoms in total. The third kappa shape index (κ3) is 3.48. The van der Waals surface area contributed by atoms with Crippen molar-refractivity contribution in [1.82, 2.24) is 0 Å². The van der Waals surface area contributed by atoms with Crippen LogP contribution < -0.4 is 5.32 Å². The van der Waals surface area contributed by atoms with Gasteiger partial charge in [-0.2, -0.15) is 0 Å². The maximum Gasteiger partial charge on any atom is 0.256 e. The monoisotopic (exact) mass is 471 g/mol. The molecule has 104 valence electrons. The summed E-state index contributed by atoms with van der Waals surface area (Å²) in [6, 6.07) is 6.57. The largest absolute Gasteiger partial charge is 0.318 e. The summed E-state index contributed by atoms with van der Waals surface area (Å²) in [6.45, 7) is 0. The highest BCUT2D eigenvalue weighted by molar-refractivity contribution is 14.1. The van der Waals surface area contributed by atoms with Crippen LogP contribution in [0.15, 0.2) is 34.8 Å². The summed E-state index contributed by atoms with van der Waals surface area (Å²) in [7, 11) is 0. The van der Waals surface area contributed by atoms with Gasteiger partial charge >= 0.3 is 0 Å². The van der Waals surface area contributed by atoms with Crippen molar-refractivity contribution in [2.24, 2.45) is 0 Å². The van der Waals surface area contributed by atoms with Crippen molar-refractivity contribution in [3.63, 3.8) is 0 Å². The fourth-order valence-electron chi connectivity index (χ4n) is 1.51. The SMILES string of the molecule is O=C(Nc1c(F)cc(F)cc1Br)c1cc(Cl)ccc1I. The number of anilines is 1. The fourth-order valence-corrected chi connectivity index (χ4v) is 2.77. The Hall–Kier alpha value is -0.730. The summed E-state index contributed by atoms with van der Waals surface area (Å²) in [4.78, 5) is 12.1. The highest BCUT2D eigenvalue weighted by atomic mass is 127. The van der Waals surface area contributed by atoms with Crippen molar-refractivity contribution in [2.75, 3.05) is 5.32 Å². The minimum Gasteiger partial charge on any atom is -0.318 e. The van der Waals surface area contributed by atoms with Crippen LogP contribution in [-0.4, -0.2) is 5.91 Å². The van der Waals surface area contributed by atoms with E-state index in [1.54, 1.807) is 12.1 Å². The molecular formula is C13H6BrClF2INO. The molecule has 0 aliphatic carbocycles. The third-order valence-electron chi connectivity index (χ3n) is 2.42.